The van der Waals surface area contributed by atoms with Crippen molar-refractivity contribution in [2.75, 3.05) is 13.2 Å². The summed E-state index contributed by atoms with van der Waals surface area (Å²) in [6, 6.07) is 6.22. The van der Waals surface area contributed by atoms with Gasteiger partial charge >= 0.3 is 0 Å². The van der Waals surface area contributed by atoms with Crippen LogP contribution in [0.1, 0.15) is 52.5 Å². The fraction of sp³-hybridized carbons (Fsp3) is 0.667. The van der Waals surface area contributed by atoms with Gasteiger partial charge in [-0.1, -0.05) is 26.8 Å². The highest BCUT2D eigenvalue weighted by Crippen LogP contribution is 2.26. The van der Waals surface area contributed by atoms with Gasteiger partial charge in [0.25, 0.3) is 0 Å². The predicted octanol–water partition coefficient (Wildman–Crippen LogP) is 4.18. The molecule has 1 atom stereocenters. The third kappa shape index (κ3) is 7.37. The zero-order valence-electron chi connectivity index (χ0n) is 14.0. The molecule has 0 aromatic heterocycles. The molecule has 1 rings (SSSR count). The van der Waals surface area contributed by atoms with Gasteiger partial charge in [0.1, 0.15) is 11.5 Å². The first kappa shape index (κ1) is 17.8. The number of hydrogen-bond acceptors (Lipinski definition) is 3. The van der Waals surface area contributed by atoms with E-state index in [0.29, 0.717) is 0 Å². The summed E-state index contributed by atoms with van der Waals surface area (Å²) in [5.41, 5.74) is 7.08. The van der Waals surface area contributed by atoms with E-state index in [4.69, 9.17) is 15.2 Å². The maximum atomic E-state index is 5.97. The summed E-state index contributed by atoms with van der Waals surface area (Å²) in [7, 11) is 0. The molecule has 0 aliphatic heterocycles. The van der Waals surface area contributed by atoms with Crippen LogP contribution in [0, 0.1) is 5.92 Å². The van der Waals surface area contributed by atoms with E-state index in [9.17, 15) is 0 Å². The van der Waals surface area contributed by atoms with Crippen LogP contribution in [0.2, 0.25) is 0 Å². The smallest absolute Gasteiger partial charge is 0.126 e. The maximum absolute atomic E-state index is 5.97. The third-order valence-electron chi connectivity index (χ3n) is 3.24. The van der Waals surface area contributed by atoms with E-state index in [-0.39, 0.29) is 6.04 Å². The molecule has 0 saturated carbocycles. The Balaban J connectivity index is 2.68. The Morgan fingerprint density at radius 1 is 1.10 bits per heavy atom. The molecular formula is C18H31NO2. The molecule has 2 N–H and O–H groups in total. The van der Waals surface area contributed by atoms with Gasteiger partial charge < -0.3 is 15.2 Å². The molecule has 0 heterocycles. The number of hydrogen-bond donors (Lipinski definition) is 1. The van der Waals surface area contributed by atoms with Crippen molar-refractivity contribution in [1.29, 1.82) is 0 Å². The standard InChI is InChI=1S/C18H31NO2/c1-5-10-20-17-9-8-16(12-15(4)19)18(13-17)21-11-6-7-14(2)3/h8-9,13-15H,5-7,10-12,19H2,1-4H3. The fourth-order valence-electron chi connectivity index (χ4n) is 2.17. The number of nitrogens with two attached hydrogens (primary N) is 1. The molecule has 0 aliphatic carbocycles. The number of rotatable bonds is 10. The Bertz CT molecular complexity index is 402. The van der Waals surface area contributed by atoms with E-state index in [2.05, 4.69) is 26.8 Å². The van der Waals surface area contributed by atoms with Crippen molar-refractivity contribution in [3.8, 4) is 11.5 Å². The highest BCUT2D eigenvalue weighted by Gasteiger charge is 2.08. The average molecular weight is 293 g/mol. The second-order valence-corrected chi connectivity index (χ2v) is 6.18. The SMILES string of the molecule is CCCOc1ccc(CC(C)N)c(OCCCC(C)C)c1. The van der Waals surface area contributed by atoms with Gasteiger partial charge in [0, 0.05) is 12.1 Å². The Kier molecular flexibility index (Phi) is 8.21. The molecule has 0 radical (unpaired) electrons. The molecule has 21 heavy (non-hydrogen) atoms. The molecule has 0 fully saturated rings. The van der Waals surface area contributed by atoms with Gasteiger partial charge in [-0.3, -0.25) is 0 Å². The first-order chi connectivity index (χ1) is 10.0. The molecule has 0 aliphatic rings. The quantitative estimate of drug-likeness (QED) is 0.658. The molecule has 1 aromatic rings. The zero-order chi connectivity index (χ0) is 15.7. The molecule has 0 bridgehead atoms. The molecule has 120 valence electrons. The number of ether oxygens (including phenoxy) is 2. The minimum atomic E-state index is 0.130. The summed E-state index contributed by atoms with van der Waals surface area (Å²) >= 11 is 0. The molecule has 1 aromatic carbocycles. The monoisotopic (exact) mass is 293 g/mol. The van der Waals surface area contributed by atoms with Crippen LogP contribution in [-0.4, -0.2) is 19.3 Å². The largest absolute Gasteiger partial charge is 0.493 e. The Hall–Kier alpha value is -1.22. The van der Waals surface area contributed by atoms with Gasteiger partial charge in [0.05, 0.1) is 13.2 Å². The summed E-state index contributed by atoms with van der Waals surface area (Å²) < 4.78 is 11.7. The van der Waals surface area contributed by atoms with E-state index in [0.717, 1.165) is 49.9 Å². The summed E-state index contributed by atoms with van der Waals surface area (Å²) in [5, 5.41) is 0. The highest BCUT2D eigenvalue weighted by molar-refractivity contribution is 5.41. The van der Waals surface area contributed by atoms with E-state index >= 15 is 0 Å². The molecule has 0 saturated heterocycles. The highest BCUT2D eigenvalue weighted by atomic mass is 16.5. The molecule has 3 heteroatoms. The summed E-state index contributed by atoms with van der Waals surface area (Å²) in [4.78, 5) is 0. The topological polar surface area (TPSA) is 44.5 Å². The van der Waals surface area contributed by atoms with Crippen LogP contribution in [0.5, 0.6) is 11.5 Å². The predicted molar refractivity (Wildman–Crippen MR) is 89.1 cm³/mol. The van der Waals surface area contributed by atoms with Crippen LogP contribution in [0.15, 0.2) is 18.2 Å². The minimum absolute atomic E-state index is 0.130. The van der Waals surface area contributed by atoms with Gasteiger partial charge in [-0.15, -0.1) is 0 Å². The lowest BCUT2D eigenvalue weighted by molar-refractivity contribution is 0.287. The van der Waals surface area contributed by atoms with E-state index in [1.54, 1.807) is 0 Å². The average Bonchev–Trinajstić information content (AvgIpc) is 2.42. The number of benzene rings is 1. The summed E-state index contributed by atoms with van der Waals surface area (Å²) in [6.07, 6.45) is 4.10. The third-order valence-corrected chi connectivity index (χ3v) is 3.24. The first-order valence-corrected chi connectivity index (χ1v) is 8.17. The first-order valence-electron chi connectivity index (χ1n) is 8.17. The molecule has 0 amide bonds. The Morgan fingerprint density at radius 3 is 2.48 bits per heavy atom. The van der Waals surface area contributed by atoms with Gasteiger partial charge in [0.2, 0.25) is 0 Å². The molecule has 0 spiro atoms. The second kappa shape index (κ2) is 9.67. The van der Waals surface area contributed by atoms with Crippen LogP contribution in [0.4, 0.5) is 0 Å². The van der Waals surface area contributed by atoms with Crippen LogP contribution in [0.3, 0.4) is 0 Å². The van der Waals surface area contributed by atoms with Crippen molar-refractivity contribution in [3.63, 3.8) is 0 Å². The zero-order valence-corrected chi connectivity index (χ0v) is 14.0. The van der Waals surface area contributed by atoms with Crippen molar-refractivity contribution in [1.82, 2.24) is 0 Å². The van der Waals surface area contributed by atoms with E-state index in [1.807, 2.05) is 19.1 Å². The van der Waals surface area contributed by atoms with Gasteiger partial charge in [0.15, 0.2) is 0 Å². The van der Waals surface area contributed by atoms with Gasteiger partial charge in [-0.25, -0.2) is 0 Å². The van der Waals surface area contributed by atoms with E-state index < -0.39 is 0 Å². The van der Waals surface area contributed by atoms with Crippen molar-refractivity contribution >= 4 is 0 Å². The van der Waals surface area contributed by atoms with Crippen molar-refractivity contribution < 1.29 is 9.47 Å². The summed E-state index contributed by atoms with van der Waals surface area (Å²) in [5.74, 6) is 2.52. The summed E-state index contributed by atoms with van der Waals surface area (Å²) in [6.45, 7) is 10.1. The van der Waals surface area contributed by atoms with Crippen molar-refractivity contribution in [2.24, 2.45) is 11.7 Å². The van der Waals surface area contributed by atoms with Crippen LogP contribution in [-0.2, 0) is 6.42 Å². The van der Waals surface area contributed by atoms with Crippen molar-refractivity contribution in [3.05, 3.63) is 23.8 Å². The van der Waals surface area contributed by atoms with E-state index in [1.165, 1.54) is 12.0 Å². The molecular weight excluding hydrogens is 262 g/mol. The second-order valence-electron chi connectivity index (χ2n) is 6.18. The maximum Gasteiger partial charge on any atom is 0.126 e. The normalized spacial score (nSPS) is 12.5. The lowest BCUT2D eigenvalue weighted by Crippen LogP contribution is -2.18. The molecule has 1 unspecified atom stereocenters. The lowest BCUT2D eigenvalue weighted by Gasteiger charge is -2.15. The molecule has 3 nitrogen and oxygen atoms in total. The van der Waals surface area contributed by atoms with Crippen LogP contribution in [0.25, 0.3) is 0 Å². The van der Waals surface area contributed by atoms with Crippen molar-refractivity contribution in [2.45, 2.75) is 59.4 Å². The lowest BCUT2D eigenvalue weighted by atomic mass is 10.1. The minimum Gasteiger partial charge on any atom is -0.493 e. The fourth-order valence-corrected chi connectivity index (χ4v) is 2.17. The van der Waals surface area contributed by atoms with Gasteiger partial charge in [-0.05, 0) is 50.2 Å². The Labute approximate surface area is 129 Å². The van der Waals surface area contributed by atoms with Gasteiger partial charge in [-0.2, -0.15) is 0 Å². The Morgan fingerprint density at radius 2 is 1.86 bits per heavy atom. The van der Waals surface area contributed by atoms with Crippen LogP contribution < -0.4 is 15.2 Å². The van der Waals surface area contributed by atoms with Crippen LogP contribution >= 0.6 is 0 Å².